The SMILES string of the molecule is O=C(C=Cc1cccs1)Nc1nc(-c2ccc(Cl)c(Cl)c2)cs1. The zero-order chi connectivity index (χ0) is 16.2. The molecule has 23 heavy (non-hydrogen) atoms. The molecule has 1 amide bonds. The van der Waals surface area contributed by atoms with Gasteiger partial charge in [-0.05, 0) is 29.7 Å². The molecule has 0 aliphatic heterocycles. The van der Waals surface area contributed by atoms with Crippen molar-refractivity contribution in [2.24, 2.45) is 0 Å². The van der Waals surface area contributed by atoms with Gasteiger partial charge in [-0.15, -0.1) is 22.7 Å². The summed E-state index contributed by atoms with van der Waals surface area (Å²) in [6.07, 6.45) is 3.26. The summed E-state index contributed by atoms with van der Waals surface area (Å²) in [7, 11) is 0. The number of anilines is 1. The Morgan fingerprint density at radius 2 is 2.04 bits per heavy atom. The number of halogens is 2. The second-order valence-electron chi connectivity index (χ2n) is 4.50. The number of thiophene rings is 1. The number of hydrogen-bond donors (Lipinski definition) is 1. The summed E-state index contributed by atoms with van der Waals surface area (Å²) in [6, 6.07) is 9.19. The molecule has 2 aromatic heterocycles. The first-order valence-electron chi connectivity index (χ1n) is 6.55. The van der Waals surface area contributed by atoms with E-state index in [0.29, 0.717) is 15.2 Å². The molecule has 0 unspecified atom stereocenters. The standard InChI is InChI=1S/C16H10Cl2N2OS2/c17-12-5-3-10(8-13(12)18)14-9-23-16(19-14)20-15(21)6-4-11-2-1-7-22-11/h1-9H,(H,19,20,21). The number of hydrogen-bond acceptors (Lipinski definition) is 4. The fourth-order valence-corrected chi connectivity index (χ4v) is 3.45. The van der Waals surface area contributed by atoms with Crippen molar-refractivity contribution in [2.75, 3.05) is 5.32 Å². The van der Waals surface area contributed by atoms with Gasteiger partial charge in [0.15, 0.2) is 5.13 Å². The molecule has 0 radical (unpaired) electrons. The van der Waals surface area contributed by atoms with Crippen molar-refractivity contribution in [1.29, 1.82) is 0 Å². The number of carbonyl (C=O) groups excluding carboxylic acids is 1. The number of benzene rings is 1. The zero-order valence-electron chi connectivity index (χ0n) is 11.6. The molecule has 0 atom stereocenters. The van der Waals surface area contributed by atoms with Crippen LogP contribution in [0.3, 0.4) is 0 Å². The maximum Gasteiger partial charge on any atom is 0.250 e. The Balaban J connectivity index is 1.69. The van der Waals surface area contributed by atoms with Crippen LogP contribution in [0.4, 0.5) is 5.13 Å². The predicted molar refractivity (Wildman–Crippen MR) is 99.6 cm³/mol. The minimum Gasteiger partial charge on any atom is -0.298 e. The van der Waals surface area contributed by atoms with Gasteiger partial charge in [0, 0.05) is 21.9 Å². The molecule has 3 aromatic rings. The molecule has 0 saturated carbocycles. The number of amides is 1. The van der Waals surface area contributed by atoms with E-state index in [0.717, 1.165) is 16.1 Å². The number of nitrogens with one attached hydrogen (secondary N) is 1. The molecule has 7 heteroatoms. The number of carbonyl (C=O) groups is 1. The van der Waals surface area contributed by atoms with E-state index < -0.39 is 0 Å². The van der Waals surface area contributed by atoms with Gasteiger partial charge < -0.3 is 0 Å². The van der Waals surface area contributed by atoms with E-state index >= 15 is 0 Å². The van der Waals surface area contributed by atoms with Crippen molar-refractivity contribution in [3.8, 4) is 11.3 Å². The van der Waals surface area contributed by atoms with Gasteiger partial charge >= 0.3 is 0 Å². The summed E-state index contributed by atoms with van der Waals surface area (Å²) in [5.74, 6) is -0.214. The average Bonchev–Trinajstić information content (AvgIpc) is 3.19. The van der Waals surface area contributed by atoms with E-state index in [2.05, 4.69) is 10.3 Å². The van der Waals surface area contributed by atoms with Gasteiger partial charge in [0.2, 0.25) is 5.91 Å². The average molecular weight is 381 g/mol. The van der Waals surface area contributed by atoms with E-state index in [1.807, 2.05) is 29.0 Å². The number of aromatic nitrogens is 1. The quantitative estimate of drug-likeness (QED) is 0.578. The summed E-state index contributed by atoms with van der Waals surface area (Å²) < 4.78 is 0. The van der Waals surface area contributed by atoms with Crippen molar-refractivity contribution in [3.05, 3.63) is 62.1 Å². The lowest BCUT2D eigenvalue weighted by molar-refractivity contribution is -0.111. The molecule has 2 heterocycles. The van der Waals surface area contributed by atoms with Crippen molar-refractivity contribution < 1.29 is 4.79 Å². The van der Waals surface area contributed by atoms with Crippen LogP contribution in [-0.2, 0) is 4.79 Å². The first-order chi connectivity index (χ1) is 11.1. The lowest BCUT2D eigenvalue weighted by Crippen LogP contribution is -2.07. The molecule has 0 bridgehead atoms. The minimum atomic E-state index is -0.214. The highest BCUT2D eigenvalue weighted by atomic mass is 35.5. The summed E-state index contributed by atoms with van der Waals surface area (Å²) in [4.78, 5) is 17.3. The molecule has 0 aliphatic carbocycles. The molecule has 0 aliphatic rings. The maximum absolute atomic E-state index is 11.9. The topological polar surface area (TPSA) is 42.0 Å². The van der Waals surface area contributed by atoms with Gasteiger partial charge in [-0.3, -0.25) is 10.1 Å². The fourth-order valence-electron chi connectivity index (χ4n) is 1.81. The van der Waals surface area contributed by atoms with Gasteiger partial charge in [0.1, 0.15) is 0 Å². The lowest BCUT2D eigenvalue weighted by atomic mass is 10.2. The maximum atomic E-state index is 11.9. The van der Waals surface area contributed by atoms with Crippen molar-refractivity contribution >= 4 is 63.0 Å². The summed E-state index contributed by atoms with van der Waals surface area (Å²) in [5, 5.41) is 8.07. The highest BCUT2D eigenvalue weighted by Crippen LogP contribution is 2.30. The molecular weight excluding hydrogens is 371 g/mol. The number of rotatable bonds is 4. The van der Waals surface area contributed by atoms with Crippen LogP contribution in [0.5, 0.6) is 0 Å². The molecule has 0 saturated heterocycles. The van der Waals surface area contributed by atoms with Crippen molar-refractivity contribution in [3.63, 3.8) is 0 Å². The van der Waals surface area contributed by atoms with E-state index in [1.54, 1.807) is 29.5 Å². The van der Waals surface area contributed by atoms with Crippen LogP contribution in [0.15, 0.2) is 47.2 Å². The van der Waals surface area contributed by atoms with Crippen LogP contribution >= 0.6 is 45.9 Å². The fraction of sp³-hybridized carbons (Fsp3) is 0. The monoisotopic (exact) mass is 380 g/mol. The van der Waals surface area contributed by atoms with Gasteiger partial charge in [0.25, 0.3) is 0 Å². The van der Waals surface area contributed by atoms with Crippen LogP contribution in [0, 0.1) is 0 Å². The van der Waals surface area contributed by atoms with Gasteiger partial charge in [-0.2, -0.15) is 0 Å². The zero-order valence-corrected chi connectivity index (χ0v) is 14.8. The summed E-state index contributed by atoms with van der Waals surface area (Å²) >= 11 is 14.8. The summed E-state index contributed by atoms with van der Waals surface area (Å²) in [5.41, 5.74) is 1.59. The third-order valence-corrected chi connectivity index (χ3v) is 5.23. The molecule has 3 rings (SSSR count). The third-order valence-electron chi connectivity index (χ3n) is 2.89. The van der Waals surface area contributed by atoms with Crippen LogP contribution in [-0.4, -0.2) is 10.9 Å². The predicted octanol–water partition coefficient (Wildman–Crippen LogP) is 5.83. The molecule has 116 valence electrons. The van der Waals surface area contributed by atoms with E-state index in [-0.39, 0.29) is 5.91 Å². The Bertz CT molecular complexity index is 857. The van der Waals surface area contributed by atoms with Gasteiger partial charge in [-0.25, -0.2) is 4.98 Å². The lowest BCUT2D eigenvalue weighted by Gasteiger charge is -1.99. The first-order valence-corrected chi connectivity index (χ1v) is 9.07. The Labute approximate surface area is 151 Å². The Morgan fingerprint density at radius 1 is 1.17 bits per heavy atom. The highest BCUT2D eigenvalue weighted by Gasteiger charge is 2.08. The molecule has 0 spiro atoms. The largest absolute Gasteiger partial charge is 0.298 e. The van der Waals surface area contributed by atoms with Gasteiger partial charge in [-0.1, -0.05) is 35.3 Å². The second-order valence-corrected chi connectivity index (χ2v) is 7.16. The van der Waals surface area contributed by atoms with Crippen molar-refractivity contribution in [2.45, 2.75) is 0 Å². The Hall–Kier alpha value is -1.66. The molecular formula is C16H10Cl2N2OS2. The molecule has 0 fully saturated rings. The van der Waals surface area contributed by atoms with Crippen molar-refractivity contribution in [1.82, 2.24) is 4.98 Å². The van der Waals surface area contributed by atoms with Crippen LogP contribution < -0.4 is 5.32 Å². The third kappa shape index (κ3) is 4.20. The van der Waals surface area contributed by atoms with Crippen LogP contribution in [0.2, 0.25) is 10.0 Å². The Kier molecular flexibility index (Phi) is 5.13. The summed E-state index contributed by atoms with van der Waals surface area (Å²) in [6.45, 7) is 0. The normalized spacial score (nSPS) is 11.0. The Morgan fingerprint density at radius 3 is 2.78 bits per heavy atom. The first kappa shape index (κ1) is 16.2. The van der Waals surface area contributed by atoms with E-state index in [1.165, 1.54) is 17.4 Å². The number of thiazole rings is 1. The molecule has 1 aromatic carbocycles. The molecule has 3 nitrogen and oxygen atoms in total. The van der Waals surface area contributed by atoms with Crippen LogP contribution in [0.1, 0.15) is 4.88 Å². The highest BCUT2D eigenvalue weighted by molar-refractivity contribution is 7.14. The molecule has 1 N–H and O–H groups in total. The smallest absolute Gasteiger partial charge is 0.250 e. The minimum absolute atomic E-state index is 0.214. The van der Waals surface area contributed by atoms with Crippen LogP contribution in [0.25, 0.3) is 17.3 Å². The second kappa shape index (κ2) is 7.27. The van der Waals surface area contributed by atoms with E-state index in [9.17, 15) is 4.79 Å². The van der Waals surface area contributed by atoms with E-state index in [4.69, 9.17) is 23.2 Å². The number of nitrogens with zero attached hydrogens (tertiary/aromatic N) is 1. The van der Waals surface area contributed by atoms with Gasteiger partial charge in [0.05, 0.1) is 15.7 Å².